The molecule has 1 aromatic heterocycles. The van der Waals surface area contributed by atoms with Gasteiger partial charge in [0, 0.05) is 17.8 Å². The first-order chi connectivity index (χ1) is 8.72. The van der Waals surface area contributed by atoms with E-state index in [0.29, 0.717) is 11.7 Å². The predicted octanol–water partition coefficient (Wildman–Crippen LogP) is 3.27. The van der Waals surface area contributed by atoms with E-state index in [-0.39, 0.29) is 6.04 Å². The van der Waals surface area contributed by atoms with Crippen molar-refractivity contribution in [2.75, 3.05) is 5.73 Å². The zero-order chi connectivity index (χ0) is 13.0. The summed E-state index contributed by atoms with van der Waals surface area (Å²) >= 11 is 0. The van der Waals surface area contributed by atoms with Crippen molar-refractivity contribution >= 4 is 5.82 Å². The van der Waals surface area contributed by atoms with Crippen molar-refractivity contribution in [1.29, 1.82) is 0 Å². The molecule has 0 radical (unpaired) electrons. The van der Waals surface area contributed by atoms with E-state index in [1.807, 2.05) is 12.1 Å². The lowest BCUT2D eigenvalue weighted by molar-refractivity contribution is 0.234. The standard InChI is InChI=1S/C15H25N3/c1-2-4-11-6-8-12(9-7-11)14(16)13-5-3-10-18-15(13)17/h3,5,10-12,14H,2,4,6-9,16H2,1H3,(H2,17,18). The number of nitrogens with zero attached hydrogens (tertiary/aromatic N) is 1. The van der Waals surface area contributed by atoms with Gasteiger partial charge in [0.2, 0.25) is 0 Å². The minimum Gasteiger partial charge on any atom is -0.383 e. The summed E-state index contributed by atoms with van der Waals surface area (Å²) in [6.07, 6.45) is 9.52. The maximum absolute atomic E-state index is 6.37. The van der Waals surface area contributed by atoms with Crippen molar-refractivity contribution in [3.8, 4) is 0 Å². The molecule has 0 aliphatic heterocycles. The summed E-state index contributed by atoms with van der Waals surface area (Å²) in [5.74, 6) is 2.09. The monoisotopic (exact) mass is 247 g/mol. The van der Waals surface area contributed by atoms with Crippen molar-refractivity contribution in [3.05, 3.63) is 23.9 Å². The minimum atomic E-state index is 0.0567. The number of hydrogen-bond acceptors (Lipinski definition) is 3. The highest BCUT2D eigenvalue weighted by atomic mass is 14.8. The van der Waals surface area contributed by atoms with Gasteiger partial charge in [-0.25, -0.2) is 4.98 Å². The second-order valence-corrected chi connectivity index (χ2v) is 5.57. The van der Waals surface area contributed by atoms with Crippen molar-refractivity contribution in [3.63, 3.8) is 0 Å². The van der Waals surface area contributed by atoms with Crippen molar-refractivity contribution < 1.29 is 0 Å². The number of pyridine rings is 1. The second kappa shape index (κ2) is 6.19. The highest BCUT2D eigenvalue weighted by molar-refractivity contribution is 5.40. The molecule has 0 saturated heterocycles. The van der Waals surface area contributed by atoms with Gasteiger partial charge in [-0.15, -0.1) is 0 Å². The third-order valence-electron chi connectivity index (χ3n) is 4.33. The van der Waals surface area contributed by atoms with Crippen molar-refractivity contribution in [2.45, 2.75) is 51.5 Å². The lowest BCUT2D eigenvalue weighted by Gasteiger charge is -2.32. The zero-order valence-electron chi connectivity index (χ0n) is 11.3. The van der Waals surface area contributed by atoms with E-state index in [9.17, 15) is 0 Å². The van der Waals surface area contributed by atoms with Crippen LogP contribution in [0.15, 0.2) is 18.3 Å². The average Bonchev–Trinajstić information content (AvgIpc) is 2.40. The first-order valence-electron chi connectivity index (χ1n) is 7.18. The third kappa shape index (κ3) is 3.02. The summed E-state index contributed by atoms with van der Waals surface area (Å²) in [5, 5.41) is 0. The molecule has 3 heteroatoms. The SMILES string of the molecule is CCCC1CCC(C(N)c2cccnc2N)CC1. The Morgan fingerprint density at radius 3 is 2.67 bits per heavy atom. The number of nitrogen functional groups attached to an aromatic ring is 1. The molecule has 1 aliphatic rings. The summed E-state index contributed by atoms with van der Waals surface area (Å²) in [6.45, 7) is 2.27. The minimum absolute atomic E-state index is 0.0567. The number of nitrogens with two attached hydrogens (primary N) is 2. The van der Waals surface area contributed by atoms with Gasteiger partial charge in [0.25, 0.3) is 0 Å². The zero-order valence-corrected chi connectivity index (χ0v) is 11.3. The molecule has 1 heterocycles. The summed E-state index contributed by atoms with van der Waals surface area (Å²) in [4.78, 5) is 4.14. The van der Waals surface area contributed by atoms with E-state index in [1.54, 1.807) is 6.20 Å². The Bertz CT molecular complexity index is 370. The molecule has 1 aliphatic carbocycles. The van der Waals surface area contributed by atoms with Gasteiger partial charge in [0.1, 0.15) is 5.82 Å². The average molecular weight is 247 g/mol. The van der Waals surface area contributed by atoms with Gasteiger partial charge in [-0.3, -0.25) is 0 Å². The fourth-order valence-corrected chi connectivity index (χ4v) is 3.21. The first kappa shape index (κ1) is 13.3. The Labute approximate surface area is 110 Å². The second-order valence-electron chi connectivity index (χ2n) is 5.57. The Morgan fingerprint density at radius 2 is 2.06 bits per heavy atom. The summed E-state index contributed by atoms with van der Waals surface area (Å²) in [5.41, 5.74) is 13.3. The van der Waals surface area contributed by atoms with E-state index in [0.717, 1.165) is 11.5 Å². The lowest BCUT2D eigenvalue weighted by Crippen LogP contribution is -2.27. The number of anilines is 1. The van der Waals surface area contributed by atoms with E-state index in [4.69, 9.17) is 11.5 Å². The topological polar surface area (TPSA) is 64.9 Å². The Kier molecular flexibility index (Phi) is 4.59. The van der Waals surface area contributed by atoms with Crippen molar-refractivity contribution in [1.82, 2.24) is 4.98 Å². The Balaban J connectivity index is 1.95. The normalized spacial score (nSPS) is 25.9. The fourth-order valence-electron chi connectivity index (χ4n) is 3.21. The lowest BCUT2D eigenvalue weighted by atomic mass is 9.76. The molecule has 100 valence electrons. The molecule has 1 aromatic rings. The summed E-state index contributed by atoms with van der Waals surface area (Å²) in [6, 6.07) is 4.00. The molecule has 3 nitrogen and oxygen atoms in total. The van der Waals surface area contributed by atoms with Crippen LogP contribution in [0.4, 0.5) is 5.82 Å². The van der Waals surface area contributed by atoms with Crippen LogP contribution in [-0.4, -0.2) is 4.98 Å². The van der Waals surface area contributed by atoms with Gasteiger partial charge in [0.05, 0.1) is 0 Å². The van der Waals surface area contributed by atoms with Crippen LogP contribution < -0.4 is 11.5 Å². The number of rotatable bonds is 4. The van der Waals surface area contributed by atoms with Crippen LogP contribution in [0.1, 0.15) is 57.1 Å². The van der Waals surface area contributed by atoms with Crippen LogP contribution in [-0.2, 0) is 0 Å². The quantitative estimate of drug-likeness (QED) is 0.858. The highest BCUT2D eigenvalue weighted by Gasteiger charge is 2.27. The van der Waals surface area contributed by atoms with Crippen LogP contribution >= 0.6 is 0 Å². The molecule has 18 heavy (non-hydrogen) atoms. The molecule has 1 atom stereocenters. The van der Waals surface area contributed by atoms with Gasteiger partial charge in [-0.1, -0.05) is 38.7 Å². The molecule has 1 saturated carbocycles. The molecule has 0 bridgehead atoms. The van der Waals surface area contributed by atoms with E-state index >= 15 is 0 Å². The fraction of sp³-hybridized carbons (Fsp3) is 0.667. The molecule has 4 N–H and O–H groups in total. The van der Waals surface area contributed by atoms with Crippen LogP contribution in [0.3, 0.4) is 0 Å². The maximum Gasteiger partial charge on any atom is 0.128 e. The van der Waals surface area contributed by atoms with Gasteiger partial charge in [-0.2, -0.15) is 0 Å². The van der Waals surface area contributed by atoms with E-state index in [2.05, 4.69) is 11.9 Å². The molecular formula is C15H25N3. The van der Waals surface area contributed by atoms with Crippen LogP contribution in [0, 0.1) is 11.8 Å². The van der Waals surface area contributed by atoms with Gasteiger partial charge in [-0.05, 0) is 30.7 Å². The van der Waals surface area contributed by atoms with Gasteiger partial charge >= 0.3 is 0 Å². The van der Waals surface area contributed by atoms with Crippen LogP contribution in [0.5, 0.6) is 0 Å². The highest BCUT2D eigenvalue weighted by Crippen LogP contribution is 2.38. The molecule has 1 fully saturated rings. The smallest absolute Gasteiger partial charge is 0.128 e. The molecular weight excluding hydrogens is 222 g/mol. The molecule has 0 amide bonds. The van der Waals surface area contributed by atoms with E-state index in [1.165, 1.54) is 38.5 Å². The molecule has 2 rings (SSSR count). The number of hydrogen-bond donors (Lipinski definition) is 2. The Morgan fingerprint density at radius 1 is 1.33 bits per heavy atom. The Hall–Kier alpha value is -1.09. The summed E-state index contributed by atoms with van der Waals surface area (Å²) < 4.78 is 0. The largest absolute Gasteiger partial charge is 0.383 e. The maximum atomic E-state index is 6.37. The molecule has 0 aromatic carbocycles. The van der Waals surface area contributed by atoms with Crippen LogP contribution in [0.2, 0.25) is 0 Å². The number of aromatic nitrogens is 1. The molecule has 1 unspecified atom stereocenters. The third-order valence-corrected chi connectivity index (χ3v) is 4.33. The first-order valence-corrected chi connectivity index (χ1v) is 7.18. The van der Waals surface area contributed by atoms with Crippen LogP contribution in [0.25, 0.3) is 0 Å². The van der Waals surface area contributed by atoms with E-state index < -0.39 is 0 Å². The van der Waals surface area contributed by atoms with Gasteiger partial charge in [0.15, 0.2) is 0 Å². The molecule has 0 spiro atoms. The summed E-state index contributed by atoms with van der Waals surface area (Å²) in [7, 11) is 0. The van der Waals surface area contributed by atoms with Crippen molar-refractivity contribution in [2.24, 2.45) is 17.6 Å². The predicted molar refractivity (Wildman–Crippen MR) is 75.9 cm³/mol. The van der Waals surface area contributed by atoms with Gasteiger partial charge < -0.3 is 11.5 Å².